The van der Waals surface area contributed by atoms with Gasteiger partial charge in [0.2, 0.25) is 11.7 Å². The molecular formula is C22H19NO6. The second-order valence-corrected chi connectivity index (χ2v) is 6.89. The van der Waals surface area contributed by atoms with Crippen LogP contribution in [0, 0.1) is 6.92 Å². The summed E-state index contributed by atoms with van der Waals surface area (Å²) in [5, 5.41) is 0.745. The average molecular weight is 393 g/mol. The van der Waals surface area contributed by atoms with Crippen molar-refractivity contribution in [2.45, 2.75) is 13.3 Å². The maximum absolute atomic E-state index is 12.5. The molecule has 0 spiro atoms. The summed E-state index contributed by atoms with van der Waals surface area (Å²) >= 11 is 0. The molecule has 0 saturated heterocycles. The second kappa shape index (κ2) is 7.09. The Hall–Kier alpha value is -3.61. The Morgan fingerprint density at radius 1 is 1.17 bits per heavy atom. The zero-order valence-corrected chi connectivity index (χ0v) is 16.3. The summed E-state index contributed by atoms with van der Waals surface area (Å²) in [6.45, 7) is 1.33. The number of likely N-dealkylation sites (N-methyl/N-ethyl adjacent to an activating group) is 1. The van der Waals surface area contributed by atoms with Gasteiger partial charge in [-0.3, -0.25) is 9.59 Å². The Bertz CT molecular complexity index is 1160. The molecule has 0 bridgehead atoms. The van der Waals surface area contributed by atoms with Crippen LogP contribution in [0.3, 0.4) is 0 Å². The molecule has 0 N–H and O–H groups in total. The molecular weight excluding hydrogens is 374 g/mol. The fourth-order valence-corrected chi connectivity index (χ4v) is 3.45. The second-order valence-electron chi connectivity index (χ2n) is 6.89. The molecule has 7 heteroatoms. The number of nitrogens with zero attached hydrogens (tertiary/aromatic N) is 1. The minimum absolute atomic E-state index is 0.0204. The largest absolute Gasteiger partial charge is 0.497 e. The number of hydrogen-bond acceptors (Lipinski definition) is 6. The van der Waals surface area contributed by atoms with Crippen molar-refractivity contribution in [3.8, 4) is 5.75 Å². The Balaban J connectivity index is 1.48. The minimum atomic E-state index is -0.706. The maximum atomic E-state index is 12.5. The first-order chi connectivity index (χ1) is 13.9. The van der Waals surface area contributed by atoms with Gasteiger partial charge in [0.25, 0.3) is 0 Å². The van der Waals surface area contributed by atoms with E-state index in [4.69, 9.17) is 13.9 Å². The Labute approximate surface area is 166 Å². The lowest BCUT2D eigenvalue weighted by Gasteiger charge is -2.10. The number of furan rings is 1. The number of rotatable bonds is 5. The number of methoxy groups -OCH3 is 1. The number of aryl methyl sites for hydroxylation is 1. The summed E-state index contributed by atoms with van der Waals surface area (Å²) in [6.07, 6.45) is 0.258. The SMILES string of the molecule is COc1ccc2oc(C(=O)OCC(=O)c3ccc4c(c3)CC(=O)N4C)c(C)c2c1. The molecule has 1 amide bonds. The van der Waals surface area contributed by atoms with Gasteiger partial charge in [-0.15, -0.1) is 0 Å². The lowest BCUT2D eigenvalue weighted by molar-refractivity contribution is -0.117. The van der Waals surface area contributed by atoms with E-state index in [1.54, 1.807) is 62.4 Å². The van der Waals surface area contributed by atoms with E-state index in [-0.39, 0.29) is 23.9 Å². The van der Waals surface area contributed by atoms with Crippen LogP contribution in [0.5, 0.6) is 5.75 Å². The first-order valence-electron chi connectivity index (χ1n) is 9.06. The molecule has 0 fully saturated rings. The van der Waals surface area contributed by atoms with Gasteiger partial charge in [-0.25, -0.2) is 4.79 Å². The van der Waals surface area contributed by atoms with Crippen LogP contribution in [0.1, 0.15) is 32.0 Å². The molecule has 0 aliphatic carbocycles. The molecule has 0 atom stereocenters. The summed E-state index contributed by atoms with van der Waals surface area (Å²) in [5.41, 5.74) is 3.13. The van der Waals surface area contributed by atoms with Gasteiger partial charge >= 0.3 is 5.97 Å². The molecule has 3 aromatic rings. The number of fused-ring (bicyclic) bond motifs is 2. The van der Waals surface area contributed by atoms with E-state index in [2.05, 4.69) is 0 Å². The maximum Gasteiger partial charge on any atom is 0.375 e. The zero-order valence-electron chi connectivity index (χ0n) is 16.3. The molecule has 7 nitrogen and oxygen atoms in total. The molecule has 2 aromatic carbocycles. The number of ketones is 1. The zero-order chi connectivity index (χ0) is 20.7. The number of ether oxygens (including phenoxy) is 2. The van der Waals surface area contributed by atoms with Gasteiger partial charge in [0.1, 0.15) is 11.3 Å². The van der Waals surface area contributed by atoms with E-state index < -0.39 is 12.6 Å². The molecule has 0 unspecified atom stereocenters. The van der Waals surface area contributed by atoms with Crippen LogP contribution >= 0.6 is 0 Å². The highest BCUT2D eigenvalue weighted by atomic mass is 16.5. The number of Topliss-reactive ketones (excluding diaryl/α,β-unsaturated/α-hetero) is 1. The van der Waals surface area contributed by atoms with Crippen LogP contribution in [0.25, 0.3) is 11.0 Å². The summed E-state index contributed by atoms with van der Waals surface area (Å²) < 4.78 is 16.0. The quantitative estimate of drug-likeness (QED) is 0.488. The van der Waals surface area contributed by atoms with E-state index in [9.17, 15) is 14.4 Å². The van der Waals surface area contributed by atoms with Gasteiger partial charge in [0.05, 0.1) is 13.5 Å². The van der Waals surface area contributed by atoms with Crippen molar-refractivity contribution in [2.24, 2.45) is 0 Å². The summed E-state index contributed by atoms with van der Waals surface area (Å²) in [4.78, 5) is 38.3. The van der Waals surface area contributed by atoms with Crippen molar-refractivity contribution in [1.29, 1.82) is 0 Å². The van der Waals surface area contributed by atoms with E-state index >= 15 is 0 Å². The lowest BCUT2D eigenvalue weighted by atomic mass is 10.1. The van der Waals surface area contributed by atoms with Crippen LogP contribution in [-0.4, -0.2) is 38.4 Å². The minimum Gasteiger partial charge on any atom is -0.497 e. The molecule has 4 rings (SSSR count). The topological polar surface area (TPSA) is 86.0 Å². The van der Waals surface area contributed by atoms with Crippen LogP contribution in [0.15, 0.2) is 40.8 Å². The first-order valence-corrected chi connectivity index (χ1v) is 9.06. The predicted octanol–water partition coefficient (Wildman–Crippen LogP) is 3.31. The molecule has 1 aliphatic heterocycles. The molecule has 148 valence electrons. The number of amides is 1. The highest BCUT2D eigenvalue weighted by Gasteiger charge is 2.25. The normalized spacial score (nSPS) is 12.9. The van der Waals surface area contributed by atoms with Crippen molar-refractivity contribution in [3.63, 3.8) is 0 Å². The molecule has 0 radical (unpaired) electrons. The van der Waals surface area contributed by atoms with Crippen molar-refractivity contribution in [2.75, 3.05) is 25.7 Å². The van der Waals surface area contributed by atoms with Gasteiger partial charge < -0.3 is 18.8 Å². The number of carbonyl (C=O) groups excluding carboxylic acids is 3. The molecule has 1 aromatic heterocycles. The Kier molecular flexibility index (Phi) is 4.58. The molecule has 2 heterocycles. The van der Waals surface area contributed by atoms with Crippen molar-refractivity contribution in [3.05, 3.63) is 58.8 Å². The molecule has 1 aliphatic rings. The Morgan fingerprint density at radius 2 is 1.97 bits per heavy atom. The lowest BCUT2D eigenvalue weighted by Crippen LogP contribution is -2.20. The smallest absolute Gasteiger partial charge is 0.375 e. The average Bonchev–Trinajstić information content (AvgIpc) is 3.21. The van der Waals surface area contributed by atoms with Gasteiger partial charge in [-0.2, -0.15) is 0 Å². The summed E-state index contributed by atoms with van der Waals surface area (Å²) in [5.74, 6) is -0.367. The third kappa shape index (κ3) is 3.24. The van der Waals surface area contributed by atoms with Gasteiger partial charge in [0, 0.05) is 29.2 Å². The van der Waals surface area contributed by atoms with E-state index in [1.807, 2.05) is 0 Å². The first kappa shape index (κ1) is 18.7. The standard InChI is InChI=1S/C22H19NO6/c1-12-16-10-15(27-3)5-7-19(16)29-21(12)22(26)28-11-18(24)13-4-6-17-14(8-13)9-20(25)23(17)2/h4-8,10H,9,11H2,1-3H3. The molecule has 0 saturated carbocycles. The number of carbonyl (C=O) groups is 3. The number of anilines is 1. The molecule has 29 heavy (non-hydrogen) atoms. The van der Waals surface area contributed by atoms with Crippen molar-refractivity contribution >= 4 is 34.3 Å². The third-order valence-electron chi connectivity index (χ3n) is 5.14. The third-order valence-corrected chi connectivity index (χ3v) is 5.14. The number of benzene rings is 2. The van der Waals surface area contributed by atoms with Gasteiger partial charge in [0.15, 0.2) is 12.4 Å². The fourth-order valence-electron chi connectivity index (χ4n) is 3.45. The van der Waals surface area contributed by atoms with Crippen molar-refractivity contribution in [1.82, 2.24) is 0 Å². The van der Waals surface area contributed by atoms with Gasteiger partial charge in [-0.05, 0) is 48.9 Å². The number of esters is 1. The number of hydrogen-bond donors (Lipinski definition) is 0. The summed E-state index contributed by atoms with van der Waals surface area (Å²) in [6, 6.07) is 10.3. The monoisotopic (exact) mass is 393 g/mol. The van der Waals surface area contributed by atoms with Crippen molar-refractivity contribution < 1.29 is 28.3 Å². The van der Waals surface area contributed by atoms with Gasteiger partial charge in [-0.1, -0.05) is 0 Å². The van der Waals surface area contributed by atoms with E-state index in [0.717, 1.165) is 16.6 Å². The predicted molar refractivity (Wildman–Crippen MR) is 106 cm³/mol. The van der Waals surface area contributed by atoms with Crippen LogP contribution in [0.2, 0.25) is 0 Å². The highest BCUT2D eigenvalue weighted by Crippen LogP contribution is 2.30. The Morgan fingerprint density at radius 3 is 2.72 bits per heavy atom. The van der Waals surface area contributed by atoms with E-state index in [0.29, 0.717) is 22.5 Å². The van der Waals surface area contributed by atoms with Crippen LogP contribution < -0.4 is 9.64 Å². The van der Waals surface area contributed by atoms with E-state index in [1.165, 1.54) is 0 Å². The van der Waals surface area contributed by atoms with Crippen LogP contribution in [-0.2, 0) is 16.0 Å². The van der Waals surface area contributed by atoms with Crippen LogP contribution in [0.4, 0.5) is 5.69 Å². The highest BCUT2D eigenvalue weighted by molar-refractivity contribution is 6.04. The summed E-state index contributed by atoms with van der Waals surface area (Å²) in [7, 11) is 3.26. The fraction of sp³-hybridized carbons (Fsp3) is 0.227.